The standard InChI is InChI=1S/C15H21N3O4S/c1-23(20,21)17-9-15-10-18(7-12(15)8-22-11-15)14(19)6-13-4-2-3-5-16-13/h2-5,12,17H,6-11H2,1H3/t12-,15+/m1/s1. The van der Waals surface area contributed by atoms with Crippen LogP contribution in [0.5, 0.6) is 0 Å². The van der Waals surface area contributed by atoms with Crippen molar-refractivity contribution >= 4 is 15.9 Å². The van der Waals surface area contributed by atoms with Gasteiger partial charge in [-0.25, -0.2) is 13.1 Å². The number of pyridine rings is 1. The fourth-order valence-electron chi connectivity index (χ4n) is 3.32. The summed E-state index contributed by atoms with van der Waals surface area (Å²) < 4.78 is 30.9. The molecule has 23 heavy (non-hydrogen) atoms. The van der Waals surface area contributed by atoms with Crippen LogP contribution in [-0.4, -0.2) is 63.3 Å². The van der Waals surface area contributed by atoms with E-state index >= 15 is 0 Å². The van der Waals surface area contributed by atoms with Crippen LogP contribution in [0.1, 0.15) is 5.69 Å². The van der Waals surface area contributed by atoms with Crippen molar-refractivity contribution in [3.05, 3.63) is 30.1 Å². The first-order valence-electron chi connectivity index (χ1n) is 7.58. The summed E-state index contributed by atoms with van der Waals surface area (Å²) in [6, 6.07) is 5.51. The van der Waals surface area contributed by atoms with Crippen molar-refractivity contribution in [2.45, 2.75) is 6.42 Å². The molecule has 2 aliphatic heterocycles. The highest BCUT2D eigenvalue weighted by Gasteiger charge is 2.51. The topological polar surface area (TPSA) is 88.6 Å². The molecule has 0 aliphatic carbocycles. The lowest BCUT2D eigenvalue weighted by atomic mass is 9.81. The van der Waals surface area contributed by atoms with E-state index in [1.807, 2.05) is 23.1 Å². The number of ether oxygens (including phenoxy) is 1. The Morgan fingerprint density at radius 2 is 2.35 bits per heavy atom. The number of likely N-dealkylation sites (tertiary alicyclic amines) is 1. The lowest BCUT2D eigenvalue weighted by Gasteiger charge is -2.27. The van der Waals surface area contributed by atoms with E-state index in [1.165, 1.54) is 0 Å². The molecule has 2 aliphatic rings. The number of fused-ring (bicyclic) bond motifs is 1. The maximum atomic E-state index is 12.5. The van der Waals surface area contributed by atoms with Gasteiger partial charge in [-0.2, -0.15) is 0 Å². The molecule has 3 heterocycles. The van der Waals surface area contributed by atoms with Gasteiger partial charge < -0.3 is 9.64 Å². The molecule has 2 atom stereocenters. The predicted octanol–water partition coefficient (Wildman–Crippen LogP) is -0.352. The van der Waals surface area contributed by atoms with Gasteiger partial charge in [-0.1, -0.05) is 6.07 Å². The van der Waals surface area contributed by atoms with Crippen LogP contribution in [0.15, 0.2) is 24.4 Å². The molecule has 7 nitrogen and oxygen atoms in total. The summed E-state index contributed by atoms with van der Waals surface area (Å²) in [7, 11) is -3.26. The summed E-state index contributed by atoms with van der Waals surface area (Å²) >= 11 is 0. The smallest absolute Gasteiger partial charge is 0.228 e. The van der Waals surface area contributed by atoms with E-state index in [0.29, 0.717) is 32.8 Å². The van der Waals surface area contributed by atoms with Gasteiger partial charge >= 0.3 is 0 Å². The first-order chi connectivity index (χ1) is 10.9. The van der Waals surface area contributed by atoms with Crippen LogP contribution < -0.4 is 4.72 Å². The van der Waals surface area contributed by atoms with E-state index in [9.17, 15) is 13.2 Å². The highest BCUT2D eigenvalue weighted by atomic mass is 32.2. The van der Waals surface area contributed by atoms with E-state index in [1.54, 1.807) is 6.20 Å². The second-order valence-corrected chi connectivity index (χ2v) is 8.27. The SMILES string of the molecule is CS(=O)(=O)NC[C@]12COC[C@H]1CN(C(=O)Cc1ccccn1)C2. The highest BCUT2D eigenvalue weighted by molar-refractivity contribution is 7.88. The fourth-order valence-corrected chi connectivity index (χ4v) is 3.87. The Bertz CT molecular complexity index is 679. The Morgan fingerprint density at radius 3 is 3.04 bits per heavy atom. The Labute approximate surface area is 136 Å². The largest absolute Gasteiger partial charge is 0.380 e. The fraction of sp³-hybridized carbons (Fsp3) is 0.600. The van der Waals surface area contributed by atoms with E-state index in [0.717, 1.165) is 11.9 Å². The molecule has 1 aromatic heterocycles. The average Bonchev–Trinajstić information content (AvgIpc) is 3.02. The van der Waals surface area contributed by atoms with Crippen LogP contribution in [0.4, 0.5) is 0 Å². The first-order valence-corrected chi connectivity index (χ1v) is 9.47. The zero-order valence-corrected chi connectivity index (χ0v) is 13.9. The van der Waals surface area contributed by atoms with Gasteiger partial charge in [0.15, 0.2) is 0 Å². The Balaban J connectivity index is 1.66. The predicted molar refractivity (Wildman–Crippen MR) is 84.1 cm³/mol. The molecule has 0 unspecified atom stereocenters. The minimum Gasteiger partial charge on any atom is -0.380 e. The number of nitrogens with zero attached hydrogens (tertiary/aromatic N) is 2. The lowest BCUT2D eigenvalue weighted by molar-refractivity contribution is -0.130. The zero-order chi connectivity index (χ0) is 16.5. The maximum Gasteiger partial charge on any atom is 0.228 e. The number of rotatable bonds is 5. The molecule has 1 N–H and O–H groups in total. The molecular weight excluding hydrogens is 318 g/mol. The number of aromatic nitrogens is 1. The molecular formula is C15H21N3O4S. The number of carbonyl (C=O) groups is 1. The molecule has 1 amide bonds. The molecule has 0 spiro atoms. The van der Waals surface area contributed by atoms with Crippen LogP contribution in [-0.2, 0) is 26.0 Å². The van der Waals surface area contributed by atoms with E-state index in [-0.39, 0.29) is 23.7 Å². The van der Waals surface area contributed by atoms with Gasteiger partial charge in [0.05, 0.1) is 25.9 Å². The molecule has 8 heteroatoms. The average molecular weight is 339 g/mol. The van der Waals surface area contributed by atoms with Crippen LogP contribution in [0, 0.1) is 11.3 Å². The number of hydrogen-bond donors (Lipinski definition) is 1. The minimum absolute atomic E-state index is 0.0248. The summed E-state index contributed by atoms with van der Waals surface area (Å²) in [5, 5.41) is 0. The van der Waals surface area contributed by atoms with Gasteiger partial charge in [0, 0.05) is 42.9 Å². The second kappa shape index (κ2) is 6.18. The van der Waals surface area contributed by atoms with E-state index < -0.39 is 10.0 Å². The third-order valence-electron chi connectivity index (χ3n) is 4.62. The molecule has 0 bridgehead atoms. The van der Waals surface area contributed by atoms with Crippen LogP contribution in [0.2, 0.25) is 0 Å². The maximum absolute atomic E-state index is 12.5. The van der Waals surface area contributed by atoms with Gasteiger partial charge in [0.1, 0.15) is 0 Å². The summed E-state index contributed by atoms with van der Waals surface area (Å²) in [5.41, 5.74) is 0.428. The molecule has 3 rings (SSSR count). The van der Waals surface area contributed by atoms with Crippen molar-refractivity contribution in [1.29, 1.82) is 0 Å². The monoisotopic (exact) mass is 339 g/mol. The minimum atomic E-state index is -3.26. The van der Waals surface area contributed by atoms with Gasteiger partial charge in [-0.05, 0) is 12.1 Å². The summed E-state index contributed by atoms with van der Waals surface area (Å²) in [5.74, 6) is 0.196. The van der Waals surface area contributed by atoms with Crippen LogP contribution in [0.25, 0.3) is 0 Å². The highest BCUT2D eigenvalue weighted by Crippen LogP contribution is 2.41. The molecule has 2 fully saturated rings. The summed E-state index contributed by atoms with van der Waals surface area (Å²) in [6.45, 7) is 2.49. The molecule has 0 aromatic carbocycles. The molecule has 2 saturated heterocycles. The third kappa shape index (κ3) is 3.70. The van der Waals surface area contributed by atoms with Crippen molar-refractivity contribution in [1.82, 2.24) is 14.6 Å². The van der Waals surface area contributed by atoms with Crippen molar-refractivity contribution in [3.8, 4) is 0 Å². The van der Waals surface area contributed by atoms with Crippen molar-refractivity contribution < 1.29 is 17.9 Å². The number of hydrogen-bond acceptors (Lipinski definition) is 5. The van der Waals surface area contributed by atoms with Crippen molar-refractivity contribution in [2.24, 2.45) is 11.3 Å². The zero-order valence-electron chi connectivity index (χ0n) is 13.1. The van der Waals surface area contributed by atoms with Gasteiger partial charge in [0.2, 0.25) is 15.9 Å². The molecule has 1 aromatic rings. The Kier molecular flexibility index (Phi) is 4.39. The van der Waals surface area contributed by atoms with Gasteiger partial charge in [-0.15, -0.1) is 0 Å². The van der Waals surface area contributed by atoms with Crippen molar-refractivity contribution in [2.75, 3.05) is 39.1 Å². The molecule has 0 saturated carbocycles. The molecule has 0 radical (unpaired) electrons. The number of nitrogens with one attached hydrogen (secondary N) is 1. The number of amides is 1. The normalized spacial score (nSPS) is 27.2. The first kappa shape index (κ1) is 16.4. The lowest BCUT2D eigenvalue weighted by Crippen LogP contribution is -2.43. The van der Waals surface area contributed by atoms with Crippen LogP contribution in [0.3, 0.4) is 0 Å². The third-order valence-corrected chi connectivity index (χ3v) is 5.29. The summed E-state index contributed by atoms with van der Waals surface area (Å²) in [6.07, 6.45) is 3.09. The van der Waals surface area contributed by atoms with E-state index in [4.69, 9.17) is 4.74 Å². The second-order valence-electron chi connectivity index (χ2n) is 6.44. The van der Waals surface area contributed by atoms with Crippen molar-refractivity contribution in [3.63, 3.8) is 0 Å². The molecule has 126 valence electrons. The Hall–Kier alpha value is -1.51. The quantitative estimate of drug-likeness (QED) is 0.792. The van der Waals surface area contributed by atoms with Gasteiger partial charge in [0.25, 0.3) is 0 Å². The van der Waals surface area contributed by atoms with Crippen LogP contribution >= 0.6 is 0 Å². The van der Waals surface area contributed by atoms with Gasteiger partial charge in [-0.3, -0.25) is 9.78 Å². The summed E-state index contributed by atoms with van der Waals surface area (Å²) in [4.78, 5) is 18.5. The Morgan fingerprint density at radius 1 is 1.52 bits per heavy atom. The number of sulfonamides is 1. The number of carbonyl (C=O) groups excluding carboxylic acids is 1. The van der Waals surface area contributed by atoms with E-state index in [2.05, 4.69) is 9.71 Å².